The van der Waals surface area contributed by atoms with Gasteiger partial charge in [-0.2, -0.15) is 0 Å². The van der Waals surface area contributed by atoms with Crippen molar-refractivity contribution >= 4 is 27.0 Å². The van der Waals surface area contributed by atoms with Crippen LogP contribution in [0, 0.1) is 6.92 Å². The fraction of sp³-hybridized carbons (Fsp3) is 0.125. The fourth-order valence-electron chi connectivity index (χ4n) is 1.05. The molecule has 0 bridgehead atoms. The minimum Gasteiger partial charge on any atom is -0.258 e. The van der Waals surface area contributed by atoms with Crippen LogP contribution in [0.5, 0.6) is 0 Å². The predicted molar refractivity (Wildman–Crippen MR) is 49.8 cm³/mol. The summed E-state index contributed by atoms with van der Waals surface area (Å²) >= 11 is 3.37. The van der Waals surface area contributed by atoms with Gasteiger partial charge in [0.25, 0.3) is 0 Å². The summed E-state index contributed by atoms with van der Waals surface area (Å²) in [5, 5.41) is 0. The highest BCUT2D eigenvalue weighted by atomic mass is 79.9. The number of hydrogen-bond acceptors (Lipinski definition) is 3. The number of aromatic nitrogens is 3. The first-order chi connectivity index (χ1) is 5.79. The summed E-state index contributed by atoms with van der Waals surface area (Å²) in [6.45, 7) is 1.92. The van der Waals surface area contributed by atoms with Crippen molar-refractivity contribution < 1.29 is 0 Å². The Morgan fingerprint density at radius 3 is 2.42 bits per heavy atom. The molecule has 0 N–H and O–H groups in total. The standard InChI is InChI=1S/C8H6BrN3/c1-5-7-8(6(9)4-12-5)11-3-2-10-7/h2-4H,1H3. The van der Waals surface area contributed by atoms with Crippen molar-refractivity contribution in [3.8, 4) is 0 Å². The molecule has 0 fully saturated rings. The molecular weight excluding hydrogens is 218 g/mol. The first-order valence-electron chi connectivity index (χ1n) is 3.51. The Hall–Kier alpha value is -1.03. The normalized spacial score (nSPS) is 10.5. The van der Waals surface area contributed by atoms with E-state index in [0.717, 1.165) is 21.2 Å². The first kappa shape index (κ1) is 7.61. The van der Waals surface area contributed by atoms with Gasteiger partial charge in [0.2, 0.25) is 0 Å². The molecule has 2 heterocycles. The summed E-state index contributed by atoms with van der Waals surface area (Å²) < 4.78 is 0.885. The molecule has 2 rings (SSSR count). The lowest BCUT2D eigenvalue weighted by atomic mass is 10.3. The summed E-state index contributed by atoms with van der Waals surface area (Å²) in [5.41, 5.74) is 2.62. The second-order valence-corrected chi connectivity index (χ2v) is 3.30. The van der Waals surface area contributed by atoms with Gasteiger partial charge in [-0.1, -0.05) is 0 Å². The zero-order valence-corrected chi connectivity index (χ0v) is 8.04. The maximum absolute atomic E-state index is 4.19. The molecule has 0 radical (unpaired) electrons. The molecule has 0 aromatic carbocycles. The van der Waals surface area contributed by atoms with E-state index in [4.69, 9.17) is 0 Å². The van der Waals surface area contributed by atoms with Crippen LogP contribution >= 0.6 is 15.9 Å². The van der Waals surface area contributed by atoms with E-state index in [1.165, 1.54) is 0 Å². The Labute approximate surface area is 78.0 Å². The third-order valence-electron chi connectivity index (χ3n) is 1.64. The molecular formula is C8H6BrN3. The lowest BCUT2D eigenvalue weighted by Crippen LogP contribution is -1.89. The molecule has 2 aromatic heterocycles. The number of aryl methyl sites for hydroxylation is 1. The lowest BCUT2D eigenvalue weighted by Gasteiger charge is -1.99. The van der Waals surface area contributed by atoms with E-state index in [2.05, 4.69) is 30.9 Å². The van der Waals surface area contributed by atoms with E-state index in [0.29, 0.717) is 0 Å². The second-order valence-electron chi connectivity index (χ2n) is 2.45. The van der Waals surface area contributed by atoms with Crippen LogP contribution in [0.15, 0.2) is 23.1 Å². The monoisotopic (exact) mass is 223 g/mol. The van der Waals surface area contributed by atoms with Crippen molar-refractivity contribution in [3.63, 3.8) is 0 Å². The molecule has 0 unspecified atom stereocenters. The van der Waals surface area contributed by atoms with Crippen molar-refractivity contribution in [2.45, 2.75) is 6.92 Å². The minimum atomic E-state index is 0.854. The molecule has 2 aromatic rings. The van der Waals surface area contributed by atoms with Crippen LogP contribution in [0.3, 0.4) is 0 Å². The van der Waals surface area contributed by atoms with Gasteiger partial charge in [0.1, 0.15) is 11.0 Å². The van der Waals surface area contributed by atoms with Crippen LogP contribution in [0.2, 0.25) is 0 Å². The molecule has 0 spiro atoms. The predicted octanol–water partition coefficient (Wildman–Crippen LogP) is 2.10. The highest BCUT2D eigenvalue weighted by Gasteiger charge is 2.03. The maximum atomic E-state index is 4.19. The van der Waals surface area contributed by atoms with E-state index in [1.54, 1.807) is 18.6 Å². The minimum absolute atomic E-state index is 0.854. The Morgan fingerprint density at radius 2 is 1.75 bits per heavy atom. The van der Waals surface area contributed by atoms with Gasteiger partial charge in [0.15, 0.2) is 0 Å². The molecule has 12 heavy (non-hydrogen) atoms. The zero-order valence-electron chi connectivity index (χ0n) is 6.45. The van der Waals surface area contributed by atoms with E-state index in [-0.39, 0.29) is 0 Å². The lowest BCUT2D eigenvalue weighted by molar-refractivity contribution is 1.17. The summed E-state index contributed by atoms with van der Waals surface area (Å²) in [6, 6.07) is 0. The molecule has 4 heteroatoms. The third kappa shape index (κ3) is 1.08. The van der Waals surface area contributed by atoms with Gasteiger partial charge in [-0.05, 0) is 22.9 Å². The second kappa shape index (κ2) is 2.79. The summed E-state index contributed by atoms with van der Waals surface area (Å²) in [7, 11) is 0. The van der Waals surface area contributed by atoms with Gasteiger partial charge in [-0.3, -0.25) is 15.0 Å². The Kier molecular flexibility index (Phi) is 1.77. The zero-order chi connectivity index (χ0) is 8.55. The fourth-order valence-corrected chi connectivity index (χ4v) is 1.45. The SMILES string of the molecule is Cc1ncc(Br)c2nccnc12. The highest BCUT2D eigenvalue weighted by Crippen LogP contribution is 2.20. The van der Waals surface area contributed by atoms with Crippen LogP contribution in [0.1, 0.15) is 5.69 Å². The molecule has 0 aliphatic rings. The number of nitrogens with zero attached hydrogens (tertiary/aromatic N) is 3. The van der Waals surface area contributed by atoms with Crippen LogP contribution in [0.25, 0.3) is 11.0 Å². The van der Waals surface area contributed by atoms with Crippen LogP contribution in [-0.2, 0) is 0 Å². The summed E-state index contributed by atoms with van der Waals surface area (Å²) in [4.78, 5) is 12.5. The largest absolute Gasteiger partial charge is 0.258 e. The number of pyridine rings is 1. The van der Waals surface area contributed by atoms with Gasteiger partial charge in [0, 0.05) is 18.6 Å². The van der Waals surface area contributed by atoms with Crippen molar-refractivity contribution in [2.24, 2.45) is 0 Å². The maximum Gasteiger partial charge on any atom is 0.111 e. The molecule has 0 aliphatic heterocycles. The number of rotatable bonds is 0. The van der Waals surface area contributed by atoms with E-state index >= 15 is 0 Å². The highest BCUT2D eigenvalue weighted by molar-refractivity contribution is 9.10. The smallest absolute Gasteiger partial charge is 0.111 e. The molecule has 0 saturated carbocycles. The van der Waals surface area contributed by atoms with Gasteiger partial charge < -0.3 is 0 Å². The quantitative estimate of drug-likeness (QED) is 0.687. The van der Waals surface area contributed by atoms with E-state index in [9.17, 15) is 0 Å². The van der Waals surface area contributed by atoms with Gasteiger partial charge in [-0.25, -0.2) is 0 Å². The summed E-state index contributed by atoms with van der Waals surface area (Å²) in [6.07, 6.45) is 5.09. The van der Waals surface area contributed by atoms with Crippen molar-refractivity contribution in [2.75, 3.05) is 0 Å². The molecule has 0 aliphatic carbocycles. The molecule has 60 valence electrons. The van der Waals surface area contributed by atoms with Crippen molar-refractivity contribution in [3.05, 3.63) is 28.8 Å². The topological polar surface area (TPSA) is 38.7 Å². The average Bonchev–Trinajstić information content (AvgIpc) is 2.12. The Bertz CT molecular complexity index is 387. The van der Waals surface area contributed by atoms with Crippen LogP contribution in [0.4, 0.5) is 0 Å². The molecule has 0 atom stereocenters. The molecule has 3 nitrogen and oxygen atoms in total. The van der Waals surface area contributed by atoms with Crippen molar-refractivity contribution in [1.82, 2.24) is 15.0 Å². The van der Waals surface area contributed by atoms with Crippen molar-refractivity contribution in [1.29, 1.82) is 0 Å². The van der Waals surface area contributed by atoms with Gasteiger partial charge in [0.05, 0.1) is 10.2 Å². The number of fused-ring (bicyclic) bond motifs is 1. The van der Waals surface area contributed by atoms with Crippen LogP contribution < -0.4 is 0 Å². The molecule has 0 amide bonds. The number of hydrogen-bond donors (Lipinski definition) is 0. The van der Waals surface area contributed by atoms with E-state index in [1.807, 2.05) is 6.92 Å². The van der Waals surface area contributed by atoms with Crippen LogP contribution in [-0.4, -0.2) is 15.0 Å². The van der Waals surface area contributed by atoms with E-state index < -0.39 is 0 Å². The summed E-state index contributed by atoms with van der Waals surface area (Å²) in [5.74, 6) is 0. The molecule has 0 saturated heterocycles. The number of halogens is 1. The van der Waals surface area contributed by atoms with Gasteiger partial charge >= 0.3 is 0 Å². The first-order valence-corrected chi connectivity index (χ1v) is 4.30. The Balaban J connectivity index is 2.95. The average molecular weight is 224 g/mol. The Morgan fingerprint density at radius 1 is 1.08 bits per heavy atom. The third-order valence-corrected chi connectivity index (χ3v) is 2.22. The van der Waals surface area contributed by atoms with Gasteiger partial charge in [-0.15, -0.1) is 0 Å².